The second kappa shape index (κ2) is 5.92. The molecule has 9 heteroatoms. The Hall–Kier alpha value is -0.760. The van der Waals surface area contributed by atoms with Crippen molar-refractivity contribution in [3.05, 3.63) is 21.8 Å². The minimum Gasteiger partial charge on any atom is -0.398 e. The van der Waals surface area contributed by atoms with Crippen LogP contribution in [0.15, 0.2) is 21.8 Å². The van der Waals surface area contributed by atoms with Gasteiger partial charge in [0.25, 0.3) is 0 Å². The van der Waals surface area contributed by atoms with Crippen LogP contribution >= 0.6 is 23.2 Å². The average Bonchev–Trinajstić information content (AvgIpc) is 2.26. The molecule has 0 saturated carbocycles. The van der Waals surface area contributed by atoms with Gasteiger partial charge in [-0.15, -0.1) is 0 Å². The SMILES string of the molecule is CC(Cl)=C(Cl)C1C=C(N)C(=S(=O)=O)CC1=S(=O)=O. The Bertz CT molecular complexity index is 694. The van der Waals surface area contributed by atoms with Gasteiger partial charge in [-0.1, -0.05) is 23.2 Å². The molecule has 1 aliphatic carbocycles. The summed E-state index contributed by atoms with van der Waals surface area (Å²) in [6, 6.07) is 0. The van der Waals surface area contributed by atoms with Crippen molar-refractivity contribution < 1.29 is 16.8 Å². The molecular formula is C9H9Cl2NO4S2. The third kappa shape index (κ3) is 3.17. The van der Waals surface area contributed by atoms with Crippen molar-refractivity contribution in [2.24, 2.45) is 11.7 Å². The van der Waals surface area contributed by atoms with Crippen LogP contribution in [0.25, 0.3) is 0 Å². The second-order valence-corrected chi connectivity index (χ2v) is 6.45. The van der Waals surface area contributed by atoms with E-state index in [0.29, 0.717) is 0 Å². The van der Waals surface area contributed by atoms with Crippen LogP contribution in [-0.4, -0.2) is 26.6 Å². The minimum absolute atomic E-state index is 0.0152. The zero-order chi connectivity index (χ0) is 14.0. The number of allylic oxidation sites excluding steroid dienone is 4. The molecule has 0 aromatic rings. The van der Waals surface area contributed by atoms with Gasteiger partial charge in [0.1, 0.15) is 0 Å². The van der Waals surface area contributed by atoms with Gasteiger partial charge < -0.3 is 5.73 Å². The molecule has 100 valence electrons. The molecular weight excluding hydrogens is 321 g/mol. The van der Waals surface area contributed by atoms with E-state index in [1.54, 1.807) is 0 Å². The van der Waals surface area contributed by atoms with Crippen molar-refractivity contribution in [3.8, 4) is 0 Å². The molecule has 0 aromatic heterocycles. The lowest BCUT2D eigenvalue weighted by Crippen LogP contribution is -2.29. The van der Waals surface area contributed by atoms with E-state index in [9.17, 15) is 16.8 Å². The van der Waals surface area contributed by atoms with Crippen LogP contribution in [-0.2, 0) is 20.6 Å². The highest BCUT2D eigenvalue weighted by Crippen LogP contribution is 2.29. The predicted molar refractivity (Wildman–Crippen MR) is 72.6 cm³/mol. The highest BCUT2D eigenvalue weighted by atomic mass is 35.5. The minimum atomic E-state index is -2.58. The van der Waals surface area contributed by atoms with Gasteiger partial charge in [-0.25, -0.2) is 0 Å². The van der Waals surface area contributed by atoms with E-state index in [1.807, 2.05) is 0 Å². The molecule has 0 aliphatic heterocycles. The molecule has 0 spiro atoms. The monoisotopic (exact) mass is 329 g/mol. The Morgan fingerprint density at radius 3 is 2.22 bits per heavy atom. The van der Waals surface area contributed by atoms with Crippen LogP contribution in [0.1, 0.15) is 13.3 Å². The maximum atomic E-state index is 11.1. The molecule has 0 bridgehead atoms. The van der Waals surface area contributed by atoms with Gasteiger partial charge in [-0.3, -0.25) is 0 Å². The first-order valence-corrected chi connectivity index (χ1v) is 7.55. The summed E-state index contributed by atoms with van der Waals surface area (Å²) in [5, 5.41) is 0.329. The van der Waals surface area contributed by atoms with Gasteiger partial charge in [0, 0.05) is 22.2 Å². The number of nitrogens with two attached hydrogens (primary N) is 1. The summed E-state index contributed by atoms with van der Waals surface area (Å²) < 4.78 is 44.0. The predicted octanol–water partition coefficient (Wildman–Crippen LogP) is 0.661. The smallest absolute Gasteiger partial charge is 0.219 e. The van der Waals surface area contributed by atoms with Crippen molar-refractivity contribution in [3.63, 3.8) is 0 Å². The van der Waals surface area contributed by atoms with Crippen molar-refractivity contribution in [2.45, 2.75) is 13.3 Å². The second-order valence-electron chi connectivity index (χ2n) is 3.52. The summed E-state index contributed by atoms with van der Waals surface area (Å²) in [7, 11) is -5.15. The van der Waals surface area contributed by atoms with Crippen molar-refractivity contribution in [1.82, 2.24) is 0 Å². The molecule has 0 saturated heterocycles. The Balaban J connectivity index is 3.61. The summed E-state index contributed by atoms with van der Waals surface area (Å²) in [6.45, 7) is 1.50. The summed E-state index contributed by atoms with van der Waals surface area (Å²) in [5.74, 6) is -0.810. The number of hydrogen-bond donors (Lipinski definition) is 1. The van der Waals surface area contributed by atoms with Gasteiger partial charge in [0.15, 0.2) is 0 Å². The molecule has 0 fully saturated rings. The van der Waals surface area contributed by atoms with Crippen molar-refractivity contribution in [1.29, 1.82) is 0 Å². The standard InChI is InChI=1S/C9H9Cl2NO4S2/c1-4(10)9(11)5-2-6(12)8(18(15)16)3-7(5)17(13)14/h2,5H,3,12H2,1H3. The number of hydrogen-bond acceptors (Lipinski definition) is 5. The van der Waals surface area contributed by atoms with Gasteiger partial charge in [-0.2, -0.15) is 16.8 Å². The average molecular weight is 330 g/mol. The van der Waals surface area contributed by atoms with Crippen LogP contribution in [0.4, 0.5) is 0 Å². The van der Waals surface area contributed by atoms with E-state index in [1.165, 1.54) is 13.0 Å². The normalized spacial score (nSPS) is 21.3. The fourth-order valence-electron chi connectivity index (χ4n) is 1.48. The quantitative estimate of drug-likeness (QED) is 0.713. The van der Waals surface area contributed by atoms with E-state index in [2.05, 4.69) is 0 Å². The van der Waals surface area contributed by atoms with Gasteiger partial charge in [0.05, 0.1) is 15.6 Å². The Morgan fingerprint density at radius 2 is 1.83 bits per heavy atom. The first-order valence-electron chi connectivity index (χ1n) is 4.65. The molecule has 1 aliphatic rings. The molecule has 1 rings (SSSR count). The van der Waals surface area contributed by atoms with Gasteiger partial charge in [-0.05, 0) is 13.0 Å². The first kappa shape index (κ1) is 15.3. The largest absolute Gasteiger partial charge is 0.398 e. The molecule has 0 aromatic carbocycles. The van der Waals surface area contributed by atoms with Gasteiger partial charge in [0.2, 0.25) is 20.6 Å². The lowest BCUT2D eigenvalue weighted by molar-refractivity contribution is 0.625. The van der Waals surface area contributed by atoms with E-state index >= 15 is 0 Å². The third-order valence-corrected chi connectivity index (χ3v) is 4.80. The van der Waals surface area contributed by atoms with E-state index in [-0.39, 0.29) is 31.9 Å². The number of halogens is 2. The van der Waals surface area contributed by atoms with E-state index in [0.717, 1.165) is 0 Å². The van der Waals surface area contributed by atoms with Crippen molar-refractivity contribution in [2.75, 3.05) is 0 Å². The third-order valence-electron chi connectivity index (χ3n) is 2.37. The maximum absolute atomic E-state index is 11.1. The molecule has 0 amide bonds. The van der Waals surface area contributed by atoms with Crippen LogP contribution in [0.5, 0.6) is 0 Å². The zero-order valence-corrected chi connectivity index (χ0v) is 12.3. The Labute approximate surface area is 117 Å². The molecule has 1 unspecified atom stereocenters. The summed E-state index contributed by atoms with van der Waals surface area (Å²) in [6.07, 6.45) is 0.980. The number of rotatable bonds is 1. The Kier molecular flexibility index (Phi) is 5.03. The molecule has 5 nitrogen and oxygen atoms in total. The zero-order valence-electron chi connectivity index (χ0n) is 9.14. The fourth-order valence-corrected chi connectivity index (χ4v) is 3.14. The molecule has 0 radical (unpaired) electrons. The van der Waals surface area contributed by atoms with E-state index < -0.39 is 26.5 Å². The lowest BCUT2D eigenvalue weighted by Gasteiger charge is -2.20. The van der Waals surface area contributed by atoms with Crippen LogP contribution < -0.4 is 5.73 Å². The fraction of sp³-hybridized carbons (Fsp3) is 0.333. The van der Waals surface area contributed by atoms with Gasteiger partial charge >= 0.3 is 0 Å². The highest BCUT2D eigenvalue weighted by molar-refractivity contribution is 7.75. The molecule has 1 atom stereocenters. The van der Waals surface area contributed by atoms with Crippen LogP contribution in [0.3, 0.4) is 0 Å². The highest BCUT2D eigenvalue weighted by Gasteiger charge is 2.28. The topological polar surface area (TPSA) is 94.3 Å². The Morgan fingerprint density at radius 1 is 1.28 bits per heavy atom. The first-order chi connectivity index (χ1) is 8.25. The summed E-state index contributed by atoms with van der Waals surface area (Å²) in [4.78, 5) is -0.240. The molecule has 0 heterocycles. The lowest BCUT2D eigenvalue weighted by atomic mass is 9.93. The van der Waals surface area contributed by atoms with Crippen LogP contribution in [0, 0.1) is 5.92 Å². The summed E-state index contributed by atoms with van der Waals surface area (Å²) in [5.41, 5.74) is 5.55. The maximum Gasteiger partial charge on any atom is 0.219 e. The molecule has 18 heavy (non-hydrogen) atoms. The van der Waals surface area contributed by atoms with E-state index in [4.69, 9.17) is 28.9 Å². The summed E-state index contributed by atoms with van der Waals surface area (Å²) >= 11 is 11.6. The van der Waals surface area contributed by atoms with Crippen LogP contribution in [0.2, 0.25) is 0 Å². The molecule has 2 N–H and O–H groups in total. The van der Waals surface area contributed by atoms with Crippen molar-refractivity contribution >= 4 is 53.5 Å².